The molecule has 0 aliphatic carbocycles. The molecule has 0 atom stereocenters. The van der Waals surface area contributed by atoms with Gasteiger partial charge in [0.05, 0.1) is 17.5 Å². The van der Waals surface area contributed by atoms with Crippen LogP contribution in [0.15, 0.2) is 82.5 Å². The molecule has 4 rings (SSSR count). The number of benzene rings is 3. The molecule has 0 saturated carbocycles. The zero-order chi connectivity index (χ0) is 27.4. The molecule has 9 nitrogen and oxygen atoms in total. The largest absolute Gasteiger partial charge is 0.464 e. The van der Waals surface area contributed by atoms with Crippen LogP contribution in [0.2, 0.25) is 5.02 Å². The van der Waals surface area contributed by atoms with Gasteiger partial charge < -0.3 is 14.4 Å². The molecule has 1 heterocycles. The number of aromatic nitrogens is 1. The Morgan fingerprint density at radius 2 is 1.74 bits per heavy atom. The fourth-order valence-corrected chi connectivity index (χ4v) is 5.42. The van der Waals surface area contributed by atoms with E-state index in [2.05, 4.69) is 0 Å². The minimum absolute atomic E-state index is 0.00233. The summed E-state index contributed by atoms with van der Waals surface area (Å²) in [4.78, 5) is 26.6. The number of rotatable bonds is 9. The summed E-state index contributed by atoms with van der Waals surface area (Å²) in [6, 6.07) is 19.4. The maximum atomic E-state index is 13.7. The van der Waals surface area contributed by atoms with Gasteiger partial charge in [0.2, 0.25) is 0 Å². The van der Waals surface area contributed by atoms with E-state index in [0.29, 0.717) is 27.2 Å². The molecule has 0 aliphatic heterocycles. The van der Waals surface area contributed by atoms with Crippen LogP contribution in [0.25, 0.3) is 16.6 Å². The third-order valence-corrected chi connectivity index (χ3v) is 7.85. The second-order valence-corrected chi connectivity index (χ2v) is 10.7. The van der Waals surface area contributed by atoms with Crippen LogP contribution in [0.5, 0.6) is 0 Å². The zero-order valence-electron chi connectivity index (χ0n) is 20.4. The lowest BCUT2D eigenvalue weighted by Gasteiger charge is -2.20. The number of hydrogen-bond acceptors (Lipinski definition) is 7. The van der Waals surface area contributed by atoms with Crippen molar-refractivity contribution in [1.82, 2.24) is 9.04 Å². The van der Waals surface area contributed by atoms with Gasteiger partial charge in [0.15, 0.2) is 5.43 Å². The van der Waals surface area contributed by atoms with Crippen LogP contribution in [0, 0.1) is 0 Å². The molecule has 0 amide bonds. The molecule has 0 bridgehead atoms. The Balaban J connectivity index is 1.87. The number of halogens is 1. The highest BCUT2D eigenvalue weighted by atomic mass is 35.5. The Hall–Kier alpha value is -3.54. The fraction of sp³-hybridized carbons (Fsp3) is 0.185. The van der Waals surface area contributed by atoms with Gasteiger partial charge in [0.1, 0.15) is 5.69 Å². The number of pyridine rings is 1. The third-order valence-electron chi connectivity index (χ3n) is 6.01. The molecule has 38 heavy (non-hydrogen) atoms. The van der Waals surface area contributed by atoms with Crippen LogP contribution < -0.4 is 5.43 Å². The van der Waals surface area contributed by atoms with Gasteiger partial charge in [-0.3, -0.25) is 10.0 Å². The van der Waals surface area contributed by atoms with E-state index in [-0.39, 0.29) is 52.0 Å². The minimum atomic E-state index is -4.18. The van der Waals surface area contributed by atoms with Gasteiger partial charge in [-0.2, -0.15) is 0 Å². The maximum absolute atomic E-state index is 13.7. The first-order valence-corrected chi connectivity index (χ1v) is 13.4. The van der Waals surface area contributed by atoms with E-state index in [0.717, 1.165) is 0 Å². The molecule has 0 aliphatic rings. The first-order chi connectivity index (χ1) is 18.2. The van der Waals surface area contributed by atoms with E-state index < -0.39 is 16.0 Å². The second kappa shape index (κ2) is 11.5. The number of hydrogen-bond donors (Lipinski definition) is 2. The van der Waals surface area contributed by atoms with Gasteiger partial charge in [0, 0.05) is 41.2 Å². The zero-order valence-corrected chi connectivity index (χ0v) is 21.9. The van der Waals surface area contributed by atoms with Gasteiger partial charge in [-0.15, -0.1) is 0 Å². The summed E-state index contributed by atoms with van der Waals surface area (Å²) in [5.74, 6) is -0.721. The van der Waals surface area contributed by atoms with Crippen molar-refractivity contribution in [3.8, 4) is 5.69 Å². The van der Waals surface area contributed by atoms with E-state index in [4.69, 9.17) is 21.4 Å². The van der Waals surface area contributed by atoms with Gasteiger partial charge in [-0.1, -0.05) is 46.4 Å². The monoisotopic (exact) mass is 556 g/mol. The van der Waals surface area contributed by atoms with Crippen molar-refractivity contribution < 1.29 is 28.3 Å². The van der Waals surface area contributed by atoms with Crippen LogP contribution >= 0.6 is 11.6 Å². The first-order valence-electron chi connectivity index (χ1n) is 11.6. The molecular weight excluding hydrogens is 532 g/mol. The van der Waals surface area contributed by atoms with Gasteiger partial charge in [0.25, 0.3) is 10.0 Å². The first kappa shape index (κ1) is 27.5. The molecule has 0 unspecified atom stereocenters. The molecular formula is C27H25ClN2O7S. The van der Waals surface area contributed by atoms with Gasteiger partial charge in [-0.25, -0.2) is 13.2 Å². The van der Waals surface area contributed by atoms with E-state index in [1.807, 2.05) is 6.07 Å². The molecule has 198 valence electrons. The Bertz CT molecular complexity index is 1640. The minimum Gasteiger partial charge on any atom is -0.464 e. The second-order valence-electron chi connectivity index (χ2n) is 8.43. The summed E-state index contributed by atoms with van der Waals surface area (Å²) in [6.45, 7) is -0.532. The quantitative estimate of drug-likeness (QED) is 0.237. The number of carbonyl (C=O) groups excluding carboxylic acids is 1. The molecule has 11 heteroatoms. The van der Waals surface area contributed by atoms with Crippen molar-refractivity contribution in [2.75, 3.05) is 20.3 Å². The van der Waals surface area contributed by atoms with Crippen LogP contribution in [0.4, 0.5) is 0 Å². The summed E-state index contributed by atoms with van der Waals surface area (Å²) in [6.07, 6.45) is 0.0767. The standard InChI is InChI=1S/C27H25ClN2O7S/c1-37-27(33)25-23(16-18-8-11-21(12-9-18)38(35,36)29(34)14-5-15-31)26(32)22-13-10-19(28)17-24(22)30(25)20-6-3-2-4-7-20/h2-4,6-13,17,31,34H,5,14-16H2,1H3. The number of fused-ring (bicyclic) bond motifs is 1. The topological polar surface area (TPSA) is 126 Å². The fourth-order valence-electron chi connectivity index (χ4n) is 4.16. The lowest BCUT2D eigenvalue weighted by Crippen LogP contribution is -2.29. The number of methoxy groups -OCH3 is 1. The van der Waals surface area contributed by atoms with Crippen LogP contribution in [0.1, 0.15) is 28.0 Å². The lowest BCUT2D eigenvalue weighted by molar-refractivity contribution is -0.000987. The number of esters is 1. The average Bonchev–Trinajstić information content (AvgIpc) is 2.93. The number of aliphatic hydroxyl groups is 1. The van der Waals surface area contributed by atoms with E-state index in [9.17, 15) is 23.2 Å². The average molecular weight is 557 g/mol. The Labute approximate surface area is 224 Å². The summed E-state index contributed by atoms with van der Waals surface area (Å²) >= 11 is 6.25. The van der Waals surface area contributed by atoms with Crippen molar-refractivity contribution >= 4 is 38.5 Å². The Morgan fingerprint density at radius 1 is 1.05 bits per heavy atom. The number of carbonyl (C=O) groups is 1. The summed E-state index contributed by atoms with van der Waals surface area (Å²) < 4.78 is 32.1. The van der Waals surface area contributed by atoms with Crippen LogP contribution in [-0.2, 0) is 21.2 Å². The lowest BCUT2D eigenvalue weighted by atomic mass is 9.99. The number of sulfonamides is 1. The highest BCUT2D eigenvalue weighted by molar-refractivity contribution is 7.89. The Morgan fingerprint density at radius 3 is 2.37 bits per heavy atom. The van der Waals surface area contributed by atoms with Crippen molar-refractivity contribution in [3.63, 3.8) is 0 Å². The van der Waals surface area contributed by atoms with Crippen molar-refractivity contribution in [1.29, 1.82) is 0 Å². The van der Waals surface area contributed by atoms with E-state index in [1.54, 1.807) is 47.0 Å². The predicted molar refractivity (Wildman–Crippen MR) is 143 cm³/mol. The smallest absolute Gasteiger partial charge is 0.355 e. The number of ether oxygens (including phenoxy) is 1. The van der Waals surface area contributed by atoms with Crippen molar-refractivity contribution in [3.05, 3.63) is 105 Å². The number of nitrogens with zero attached hydrogens (tertiary/aromatic N) is 2. The highest BCUT2D eigenvalue weighted by Crippen LogP contribution is 2.27. The number of aliphatic hydroxyl groups excluding tert-OH is 1. The van der Waals surface area contributed by atoms with Crippen molar-refractivity contribution in [2.24, 2.45) is 0 Å². The molecule has 2 N–H and O–H groups in total. The molecule has 0 radical (unpaired) electrons. The molecule has 0 saturated heterocycles. The van der Waals surface area contributed by atoms with Gasteiger partial charge >= 0.3 is 5.97 Å². The van der Waals surface area contributed by atoms with Gasteiger partial charge in [-0.05, 0) is 54.4 Å². The van der Waals surface area contributed by atoms with Crippen LogP contribution in [0.3, 0.4) is 0 Å². The number of para-hydroxylation sites is 1. The third kappa shape index (κ3) is 5.35. The van der Waals surface area contributed by atoms with E-state index >= 15 is 0 Å². The number of hydroxylamine groups is 1. The summed E-state index contributed by atoms with van der Waals surface area (Å²) in [7, 11) is -2.96. The van der Waals surface area contributed by atoms with E-state index in [1.165, 1.54) is 31.4 Å². The maximum Gasteiger partial charge on any atom is 0.355 e. The molecule has 0 spiro atoms. The molecule has 0 fully saturated rings. The summed E-state index contributed by atoms with van der Waals surface area (Å²) in [5.41, 5.74) is 1.42. The molecule has 4 aromatic rings. The molecule has 1 aromatic heterocycles. The van der Waals surface area contributed by atoms with Crippen molar-refractivity contribution in [2.45, 2.75) is 17.7 Å². The molecule has 3 aromatic carbocycles. The Kier molecular flexibility index (Phi) is 8.29. The summed E-state index contributed by atoms with van der Waals surface area (Å²) in [5, 5.41) is 19.6. The van der Waals surface area contributed by atoms with Crippen LogP contribution in [-0.4, -0.2) is 54.0 Å². The predicted octanol–water partition coefficient (Wildman–Crippen LogP) is 3.78. The highest BCUT2D eigenvalue weighted by Gasteiger charge is 2.26. The SMILES string of the molecule is COC(=O)c1c(Cc2ccc(S(=O)(=O)N(O)CCCO)cc2)c(=O)c2ccc(Cl)cc2n1-c1ccccc1. The normalized spacial score (nSPS) is 11.7.